The Labute approximate surface area is 181 Å². The van der Waals surface area contributed by atoms with E-state index in [9.17, 15) is 22.6 Å². The van der Waals surface area contributed by atoms with E-state index < -0.39 is 10.1 Å². The minimum absolute atomic E-state index is 0.0125. The normalized spacial score (nSPS) is 11.2. The van der Waals surface area contributed by atoms with E-state index in [4.69, 9.17) is 0 Å². The molecule has 0 unspecified atom stereocenters. The number of hydrogen-bond acceptors (Lipinski definition) is 4. The number of hydrogen-bond donors (Lipinski definition) is 2. The highest BCUT2D eigenvalue weighted by atomic mass is 32.2. The van der Waals surface area contributed by atoms with E-state index in [-0.39, 0.29) is 16.6 Å². The van der Waals surface area contributed by atoms with Gasteiger partial charge in [-0.05, 0) is 60.9 Å². The largest absolute Gasteiger partial charge is 0.322 e. The summed E-state index contributed by atoms with van der Waals surface area (Å²) in [6, 6.07) is 16.4. The van der Waals surface area contributed by atoms with E-state index in [1.165, 1.54) is 6.07 Å². The molecule has 0 atom stereocenters. The molecule has 0 aliphatic heterocycles. The van der Waals surface area contributed by atoms with Crippen LogP contribution < -0.4 is 5.32 Å². The fourth-order valence-corrected chi connectivity index (χ4v) is 4.11. The van der Waals surface area contributed by atoms with Gasteiger partial charge in [-0.15, -0.1) is 0 Å². The molecule has 3 aromatic carbocycles. The number of aryl methyl sites for hydroxylation is 2. The summed E-state index contributed by atoms with van der Waals surface area (Å²) in [4.78, 5) is 24.1. The molecule has 0 saturated heterocycles. The number of Topliss-reactive ketones (excluding diaryl/α,β-unsaturated/α-hetero) is 1. The number of nitrogens with one attached hydrogen (secondary N) is 1. The zero-order valence-corrected chi connectivity index (χ0v) is 18.3. The van der Waals surface area contributed by atoms with Crippen LogP contribution in [-0.4, -0.2) is 24.7 Å². The maximum absolute atomic E-state index is 12.5. The second-order valence-electron chi connectivity index (χ2n) is 7.31. The summed E-state index contributed by atoms with van der Waals surface area (Å²) in [6.07, 6.45) is 0.400. The highest BCUT2D eigenvalue weighted by molar-refractivity contribution is 7.86. The van der Waals surface area contributed by atoms with Gasteiger partial charge in [0.2, 0.25) is 0 Å². The van der Waals surface area contributed by atoms with Gasteiger partial charge in [0.1, 0.15) is 4.90 Å². The van der Waals surface area contributed by atoms with Crippen LogP contribution in [0.15, 0.2) is 65.6 Å². The molecule has 6 nitrogen and oxygen atoms in total. The molecule has 160 valence electrons. The number of ketones is 1. The van der Waals surface area contributed by atoms with Gasteiger partial charge >= 0.3 is 0 Å². The molecule has 0 aromatic heterocycles. The van der Waals surface area contributed by atoms with Crippen molar-refractivity contribution in [1.82, 2.24) is 0 Å². The summed E-state index contributed by atoms with van der Waals surface area (Å²) < 4.78 is 33.3. The smallest absolute Gasteiger partial charge is 0.295 e. The first kappa shape index (κ1) is 22.4. The van der Waals surface area contributed by atoms with Crippen LogP contribution in [0.4, 0.5) is 5.69 Å². The highest BCUT2D eigenvalue weighted by Crippen LogP contribution is 2.32. The lowest BCUT2D eigenvalue weighted by Crippen LogP contribution is -2.12. The van der Waals surface area contributed by atoms with Crippen LogP contribution in [0, 0.1) is 13.8 Å². The standard InChI is InChI=1S/C24H23NO5S/c1-4-22(26)17-6-8-18(9-7-17)24(27)25-19-10-12-20(16(3)14-19)21-11-5-15(2)13-23(21)31(28,29)30/h5-14H,4H2,1-3H3,(H,25,27)(H,28,29,30). The summed E-state index contributed by atoms with van der Waals surface area (Å²) in [5.41, 5.74) is 3.99. The van der Waals surface area contributed by atoms with Crippen LogP contribution in [0.1, 0.15) is 45.2 Å². The Morgan fingerprint density at radius 3 is 2.06 bits per heavy atom. The van der Waals surface area contributed by atoms with Crippen LogP contribution in [0.25, 0.3) is 11.1 Å². The third-order valence-electron chi connectivity index (χ3n) is 4.98. The van der Waals surface area contributed by atoms with Gasteiger partial charge in [-0.1, -0.05) is 37.3 Å². The van der Waals surface area contributed by atoms with Crippen molar-refractivity contribution in [2.75, 3.05) is 5.32 Å². The lowest BCUT2D eigenvalue weighted by Gasteiger charge is -2.13. The molecule has 7 heteroatoms. The monoisotopic (exact) mass is 437 g/mol. The predicted octanol–water partition coefficient (Wildman–Crippen LogP) is 5.06. The lowest BCUT2D eigenvalue weighted by molar-refractivity contribution is 0.0984. The Balaban J connectivity index is 1.87. The Bertz CT molecular complexity index is 1260. The average Bonchev–Trinajstić information content (AvgIpc) is 2.73. The fourth-order valence-electron chi connectivity index (χ4n) is 3.32. The minimum atomic E-state index is -4.39. The summed E-state index contributed by atoms with van der Waals surface area (Å²) in [5.74, 6) is -0.310. The highest BCUT2D eigenvalue weighted by Gasteiger charge is 2.18. The number of benzene rings is 3. The van der Waals surface area contributed by atoms with E-state index in [0.717, 1.165) is 5.56 Å². The summed E-state index contributed by atoms with van der Waals surface area (Å²) in [7, 11) is -4.39. The van der Waals surface area contributed by atoms with Crippen molar-refractivity contribution in [3.05, 3.63) is 82.9 Å². The Hall–Kier alpha value is -3.29. The van der Waals surface area contributed by atoms with Gasteiger partial charge in [0.25, 0.3) is 16.0 Å². The van der Waals surface area contributed by atoms with Crippen LogP contribution in [-0.2, 0) is 10.1 Å². The molecule has 31 heavy (non-hydrogen) atoms. The molecule has 3 aromatic rings. The summed E-state index contributed by atoms with van der Waals surface area (Å²) in [6.45, 7) is 5.32. The molecule has 0 heterocycles. The first-order chi connectivity index (χ1) is 14.6. The maximum atomic E-state index is 12.5. The topological polar surface area (TPSA) is 101 Å². The third-order valence-corrected chi connectivity index (χ3v) is 5.87. The molecular formula is C24H23NO5S. The van der Waals surface area contributed by atoms with Crippen molar-refractivity contribution < 1.29 is 22.6 Å². The SMILES string of the molecule is CCC(=O)c1ccc(C(=O)Nc2ccc(-c3ccc(C)cc3S(=O)(=O)O)c(C)c2)cc1. The van der Waals surface area contributed by atoms with Crippen molar-refractivity contribution in [2.24, 2.45) is 0 Å². The number of rotatable bonds is 6. The van der Waals surface area contributed by atoms with Gasteiger partial charge in [0.15, 0.2) is 5.78 Å². The van der Waals surface area contributed by atoms with Gasteiger partial charge in [-0.3, -0.25) is 14.1 Å². The van der Waals surface area contributed by atoms with Gasteiger partial charge in [-0.25, -0.2) is 0 Å². The second kappa shape index (κ2) is 8.83. The Morgan fingerprint density at radius 2 is 1.48 bits per heavy atom. The summed E-state index contributed by atoms with van der Waals surface area (Å²) in [5, 5.41) is 2.80. The minimum Gasteiger partial charge on any atom is -0.322 e. The number of anilines is 1. The van der Waals surface area contributed by atoms with Crippen LogP contribution >= 0.6 is 0 Å². The van der Waals surface area contributed by atoms with Crippen molar-refractivity contribution >= 4 is 27.5 Å². The average molecular weight is 438 g/mol. The molecule has 0 saturated carbocycles. The molecule has 2 N–H and O–H groups in total. The summed E-state index contributed by atoms with van der Waals surface area (Å²) >= 11 is 0. The van der Waals surface area contributed by atoms with Crippen molar-refractivity contribution in [3.63, 3.8) is 0 Å². The molecule has 0 bridgehead atoms. The van der Waals surface area contributed by atoms with Crippen molar-refractivity contribution in [1.29, 1.82) is 0 Å². The Morgan fingerprint density at radius 1 is 0.871 bits per heavy atom. The molecule has 0 radical (unpaired) electrons. The van der Waals surface area contributed by atoms with Gasteiger partial charge < -0.3 is 5.32 Å². The Kier molecular flexibility index (Phi) is 6.38. The van der Waals surface area contributed by atoms with E-state index >= 15 is 0 Å². The van der Waals surface area contributed by atoms with Crippen molar-refractivity contribution in [3.8, 4) is 11.1 Å². The van der Waals surface area contributed by atoms with Gasteiger partial charge in [-0.2, -0.15) is 8.42 Å². The molecule has 0 aliphatic rings. The lowest BCUT2D eigenvalue weighted by atomic mass is 9.99. The van der Waals surface area contributed by atoms with Crippen LogP contribution in [0.3, 0.4) is 0 Å². The molecule has 0 aliphatic carbocycles. The number of carbonyl (C=O) groups is 2. The van der Waals surface area contributed by atoms with E-state index in [1.807, 2.05) is 0 Å². The van der Waals surface area contributed by atoms with Gasteiger partial charge in [0.05, 0.1) is 0 Å². The molecule has 0 fully saturated rings. The van der Waals surface area contributed by atoms with Gasteiger partial charge in [0, 0.05) is 28.8 Å². The predicted molar refractivity (Wildman–Crippen MR) is 120 cm³/mol. The van der Waals surface area contributed by atoms with Crippen LogP contribution in [0.2, 0.25) is 0 Å². The van der Waals surface area contributed by atoms with Crippen LogP contribution in [0.5, 0.6) is 0 Å². The first-order valence-electron chi connectivity index (χ1n) is 9.74. The first-order valence-corrected chi connectivity index (χ1v) is 11.2. The quantitative estimate of drug-likeness (QED) is 0.415. The third kappa shape index (κ3) is 5.07. The number of carbonyl (C=O) groups excluding carboxylic acids is 2. The van der Waals surface area contributed by atoms with E-state index in [2.05, 4.69) is 5.32 Å². The number of amides is 1. The molecule has 3 rings (SSSR count). The zero-order chi connectivity index (χ0) is 22.8. The van der Waals surface area contributed by atoms with E-state index in [1.54, 1.807) is 75.4 Å². The van der Waals surface area contributed by atoms with Crippen molar-refractivity contribution in [2.45, 2.75) is 32.1 Å². The molecule has 0 spiro atoms. The van der Waals surface area contributed by atoms with E-state index in [0.29, 0.717) is 39.9 Å². The molecular weight excluding hydrogens is 414 g/mol. The zero-order valence-electron chi connectivity index (χ0n) is 17.5. The fraction of sp³-hybridized carbons (Fsp3) is 0.167. The maximum Gasteiger partial charge on any atom is 0.295 e. The second-order valence-corrected chi connectivity index (χ2v) is 8.70. The molecule has 1 amide bonds.